The zero-order valence-electron chi connectivity index (χ0n) is 22.8. The monoisotopic (exact) mass is 578 g/mol. The predicted octanol–water partition coefficient (Wildman–Crippen LogP) is 5.77. The highest BCUT2D eigenvalue weighted by Crippen LogP contribution is 2.57. The highest BCUT2D eigenvalue weighted by molar-refractivity contribution is 6.31. The number of halogens is 3. The Kier molecular flexibility index (Phi) is 7.80. The van der Waals surface area contributed by atoms with Gasteiger partial charge in [-0.05, 0) is 56.5 Å². The van der Waals surface area contributed by atoms with E-state index in [4.69, 9.17) is 32.7 Å². The quantitative estimate of drug-likeness (QED) is 0.423. The second-order valence-corrected chi connectivity index (χ2v) is 12.9. The van der Waals surface area contributed by atoms with Gasteiger partial charge < -0.3 is 14.8 Å². The molecule has 2 heterocycles. The van der Waals surface area contributed by atoms with Gasteiger partial charge in [0.25, 0.3) is 0 Å². The summed E-state index contributed by atoms with van der Waals surface area (Å²) >= 11 is 12.5. The van der Waals surface area contributed by atoms with Crippen LogP contribution >= 0.6 is 23.2 Å². The number of esters is 2. The fourth-order valence-corrected chi connectivity index (χ4v) is 6.14. The summed E-state index contributed by atoms with van der Waals surface area (Å²) in [6, 6.07) is 7.79. The van der Waals surface area contributed by atoms with Gasteiger partial charge in [0.05, 0.1) is 11.6 Å². The van der Waals surface area contributed by atoms with Crippen LogP contribution in [0.25, 0.3) is 0 Å². The van der Waals surface area contributed by atoms with Crippen molar-refractivity contribution in [2.75, 3.05) is 11.9 Å². The average molecular weight is 579 g/mol. The number of anilines is 1. The largest absolute Gasteiger partial charge is 0.465 e. The molecule has 2 N–H and O–H groups in total. The van der Waals surface area contributed by atoms with E-state index >= 15 is 4.39 Å². The molecule has 1 saturated heterocycles. The zero-order chi connectivity index (χ0) is 28.9. The lowest BCUT2D eigenvalue weighted by Gasteiger charge is -2.38. The Morgan fingerprint density at radius 1 is 1.10 bits per heavy atom. The molecule has 2 aromatic rings. The molecule has 39 heavy (non-hydrogen) atoms. The number of fused-ring (bicyclic) bond motifs is 2. The van der Waals surface area contributed by atoms with Gasteiger partial charge in [0.2, 0.25) is 5.91 Å². The van der Waals surface area contributed by atoms with E-state index < -0.39 is 58.1 Å². The number of hydrogen-bond donors (Lipinski definition) is 2. The molecule has 2 aliphatic heterocycles. The highest BCUT2D eigenvalue weighted by Gasteiger charge is 2.67. The first kappa shape index (κ1) is 29.3. The molecular weight excluding hydrogens is 546 g/mol. The molecule has 2 aromatic carbocycles. The number of hydrogen-bond acceptors (Lipinski definition) is 6. The average Bonchev–Trinajstić information content (AvgIpc) is 3.28. The Morgan fingerprint density at radius 3 is 2.44 bits per heavy atom. The van der Waals surface area contributed by atoms with Crippen molar-refractivity contribution >= 4 is 46.7 Å². The molecule has 4 atom stereocenters. The first-order valence-electron chi connectivity index (χ1n) is 12.7. The molecule has 4 rings (SSSR count). The molecule has 1 amide bonds. The van der Waals surface area contributed by atoms with Gasteiger partial charge >= 0.3 is 11.9 Å². The summed E-state index contributed by atoms with van der Waals surface area (Å²) in [6.45, 7) is 10.4. The van der Waals surface area contributed by atoms with Crippen LogP contribution in [-0.2, 0) is 29.3 Å². The van der Waals surface area contributed by atoms with Crippen LogP contribution in [0.2, 0.25) is 10.0 Å². The number of benzene rings is 2. The lowest BCUT2D eigenvalue weighted by atomic mass is 9.62. The van der Waals surface area contributed by atoms with Crippen molar-refractivity contribution in [2.24, 2.45) is 5.41 Å². The van der Waals surface area contributed by atoms with Gasteiger partial charge in [-0.2, -0.15) is 0 Å². The lowest BCUT2D eigenvalue weighted by molar-refractivity contribution is -0.157. The molecule has 1 spiro atoms. The second kappa shape index (κ2) is 10.4. The molecule has 0 radical (unpaired) electrons. The Morgan fingerprint density at radius 2 is 1.79 bits per heavy atom. The maximum absolute atomic E-state index is 15.8. The third-order valence-electron chi connectivity index (χ3n) is 7.21. The van der Waals surface area contributed by atoms with Crippen LogP contribution < -0.4 is 10.6 Å². The predicted molar refractivity (Wildman–Crippen MR) is 147 cm³/mol. The van der Waals surface area contributed by atoms with E-state index in [0.717, 1.165) is 0 Å². The van der Waals surface area contributed by atoms with Gasteiger partial charge in [-0.1, -0.05) is 55.2 Å². The summed E-state index contributed by atoms with van der Waals surface area (Å²) in [5, 5.41) is 6.56. The summed E-state index contributed by atoms with van der Waals surface area (Å²) in [5.41, 5.74) is -1.72. The number of carbonyl (C=O) groups is 3. The number of carbonyl (C=O) groups excluding carboxylic acids is 3. The van der Waals surface area contributed by atoms with Crippen molar-refractivity contribution in [3.05, 3.63) is 63.4 Å². The summed E-state index contributed by atoms with van der Waals surface area (Å²) in [6.07, 6.45) is 0.299. The van der Waals surface area contributed by atoms with Crippen LogP contribution in [0, 0.1) is 11.2 Å². The van der Waals surface area contributed by atoms with Gasteiger partial charge in [-0.25, -0.2) is 4.39 Å². The molecule has 0 aromatic heterocycles. The fraction of sp³-hybridized carbons (Fsp3) is 0.483. The Hall–Kier alpha value is -2.68. The molecular formula is C29H33Cl2FN2O5. The fourth-order valence-electron chi connectivity index (χ4n) is 5.79. The Balaban J connectivity index is 1.96. The summed E-state index contributed by atoms with van der Waals surface area (Å²) in [4.78, 5) is 39.5. The standard InChI is InChI=1S/C29H33Cl2FN2O5/c1-15(35)38-14-28(5,6)13-21-29(18-11-10-16(30)12-20(18)33-26(29)37)22(17-8-7-9-19(31)23(17)32)24(34-21)25(36)39-27(2,3)4/h7-12,21-22,24,34H,13-14H2,1-6H3,(H,33,37)/t21-,22-,24+,29?/m0/s1. The van der Waals surface area contributed by atoms with E-state index in [-0.39, 0.29) is 17.2 Å². The van der Waals surface area contributed by atoms with E-state index in [0.29, 0.717) is 22.7 Å². The van der Waals surface area contributed by atoms with Crippen molar-refractivity contribution in [1.29, 1.82) is 0 Å². The molecule has 1 unspecified atom stereocenters. The molecule has 10 heteroatoms. The Labute approximate surface area is 237 Å². The minimum Gasteiger partial charge on any atom is -0.465 e. The van der Waals surface area contributed by atoms with Crippen LogP contribution in [0.3, 0.4) is 0 Å². The highest BCUT2D eigenvalue weighted by atomic mass is 35.5. The van der Waals surface area contributed by atoms with E-state index in [1.165, 1.54) is 13.0 Å². The van der Waals surface area contributed by atoms with E-state index in [1.54, 1.807) is 51.1 Å². The zero-order valence-corrected chi connectivity index (χ0v) is 24.3. The number of nitrogens with one attached hydrogen (secondary N) is 2. The number of amides is 1. The van der Waals surface area contributed by atoms with Gasteiger partial charge in [0, 0.05) is 35.0 Å². The molecule has 0 saturated carbocycles. The topological polar surface area (TPSA) is 93.7 Å². The van der Waals surface area contributed by atoms with Crippen LogP contribution in [0.1, 0.15) is 65.0 Å². The van der Waals surface area contributed by atoms with Gasteiger partial charge in [0.1, 0.15) is 22.9 Å². The third-order valence-corrected chi connectivity index (χ3v) is 7.73. The van der Waals surface area contributed by atoms with Crippen molar-refractivity contribution in [3.63, 3.8) is 0 Å². The third kappa shape index (κ3) is 5.52. The van der Waals surface area contributed by atoms with Crippen LogP contribution in [0.5, 0.6) is 0 Å². The van der Waals surface area contributed by atoms with Crippen molar-refractivity contribution < 1.29 is 28.2 Å². The first-order valence-corrected chi connectivity index (χ1v) is 13.5. The maximum Gasteiger partial charge on any atom is 0.324 e. The SMILES string of the molecule is CC(=O)OCC(C)(C)C[C@@H]1N[C@@H](C(=O)OC(C)(C)C)[C@H](c2cccc(Cl)c2F)C12C(=O)Nc1cc(Cl)ccc12. The summed E-state index contributed by atoms with van der Waals surface area (Å²) in [5.74, 6) is -3.20. The summed E-state index contributed by atoms with van der Waals surface area (Å²) < 4.78 is 26.9. The van der Waals surface area contributed by atoms with E-state index in [1.807, 2.05) is 13.8 Å². The van der Waals surface area contributed by atoms with Crippen molar-refractivity contribution in [1.82, 2.24) is 5.32 Å². The number of rotatable bonds is 6. The minimum absolute atomic E-state index is 0.0823. The summed E-state index contributed by atoms with van der Waals surface area (Å²) in [7, 11) is 0. The molecule has 0 bridgehead atoms. The molecule has 210 valence electrons. The van der Waals surface area contributed by atoms with Crippen LogP contribution in [0.15, 0.2) is 36.4 Å². The van der Waals surface area contributed by atoms with Crippen molar-refractivity contribution in [2.45, 2.75) is 77.0 Å². The van der Waals surface area contributed by atoms with Crippen molar-refractivity contribution in [3.8, 4) is 0 Å². The van der Waals surface area contributed by atoms with Crippen LogP contribution in [-0.4, -0.2) is 42.1 Å². The molecule has 7 nitrogen and oxygen atoms in total. The molecule has 0 aliphatic carbocycles. The second-order valence-electron chi connectivity index (χ2n) is 12.0. The molecule has 1 fully saturated rings. The van der Waals surface area contributed by atoms with E-state index in [9.17, 15) is 14.4 Å². The van der Waals surface area contributed by atoms with Gasteiger partial charge in [0.15, 0.2) is 0 Å². The smallest absolute Gasteiger partial charge is 0.324 e. The minimum atomic E-state index is -1.44. The first-order chi connectivity index (χ1) is 18.1. The van der Waals surface area contributed by atoms with Gasteiger partial charge in [-0.15, -0.1) is 0 Å². The van der Waals surface area contributed by atoms with Crippen LogP contribution in [0.4, 0.5) is 10.1 Å². The number of ether oxygens (including phenoxy) is 2. The maximum atomic E-state index is 15.8. The van der Waals surface area contributed by atoms with Gasteiger partial charge in [-0.3, -0.25) is 19.7 Å². The van der Waals surface area contributed by atoms with E-state index in [2.05, 4.69) is 10.6 Å². The molecule has 2 aliphatic rings. The Bertz CT molecular complexity index is 1330. The normalized spacial score (nSPS) is 24.4. The lowest BCUT2D eigenvalue weighted by Crippen LogP contribution is -2.50.